The molecule has 0 aliphatic heterocycles. The average molecular weight is 116 g/mol. The van der Waals surface area contributed by atoms with Gasteiger partial charge in [-0.15, -0.1) is 0 Å². The highest BCUT2D eigenvalue weighted by Crippen LogP contribution is 1.99. The van der Waals surface area contributed by atoms with Crippen molar-refractivity contribution in [2.45, 2.75) is 19.9 Å². The number of aliphatic hydroxyl groups excluding tert-OH is 1. The molecule has 0 aliphatic rings. The van der Waals surface area contributed by atoms with Crippen LogP contribution in [0, 0.1) is 12.3 Å². The predicted molar refractivity (Wildman–Crippen MR) is 34.2 cm³/mol. The van der Waals surface area contributed by atoms with E-state index >= 15 is 0 Å². The Morgan fingerprint density at radius 3 is 2.25 bits per heavy atom. The van der Waals surface area contributed by atoms with E-state index in [1.165, 1.54) is 0 Å². The number of rotatable bonds is 3. The van der Waals surface area contributed by atoms with E-state index in [2.05, 4.69) is 0 Å². The first-order valence-electron chi connectivity index (χ1n) is 2.88. The Bertz CT molecular complexity index is 54.5. The SMILES string of the molecule is CC(C)[CH][C@@H](N)CO. The molecule has 0 aromatic heterocycles. The molecule has 1 radical (unpaired) electrons. The molecule has 0 saturated heterocycles. The van der Waals surface area contributed by atoms with Gasteiger partial charge in [-0.3, -0.25) is 0 Å². The Balaban J connectivity index is 3.10. The number of hydrogen-bond acceptors (Lipinski definition) is 2. The van der Waals surface area contributed by atoms with Crippen molar-refractivity contribution < 1.29 is 5.11 Å². The normalized spacial score (nSPS) is 14.6. The minimum Gasteiger partial charge on any atom is -0.395 e. The van der Waals surface area contributed by atoms with E-state index in [0.717, 1.165) is 0 Å². The van der Waals surface area contributed by atoms with E-state index in [4.69, 9.17) is 10.8 Å². The molecule has 0 unspecified atom stereocenters. The summed E-state index contributed by atoms with van der Waals surface area (Å²) in [4.78, 5) is 0. The van der Waals surface area contributed by atoms with Crippen molar-refractivity contribution in [3.63, 3.8) is 0 Å². The smallest absolute Gasteiger partial charge is 0.0585 e. The molecule has 0 amide bonds. The van der Waals surface area contributed by atoms with Crippen molar-refractivity contribution in [2.75, 3.05) is 6.61 Å². The van der Waals surface area contributed by atoms with Gasteiger partial charge in [-0.1, -0.05) is 13.8 Å². The fraction of sp³-hybridized carbons (Fsp3) is 0.833. The molecular weight excluding hydrogens is 102 g/mol. The summed E-state index contributed by atoms with van der Waals surface area (Å²) in [5.74, 6) is 0.470. The summed E-state index contributed by atoms with van der Waals surface area (Å²) in [5.41, 5.74) is 5.37. The highest BCUT2D eigenvalue weighted by atomic mass is 16.3. The number of aliphatic hydroxyl groups is 1. The van der Waals surface area contributed by atoms with Gasteiger partial charge in [0.2, 0.25) is 0 Å². The van der Waals surface area contributed by atoms with Crippen LogP contribution in [0.4, 0.5) is 0 Å². The molecule has 0 aliphatic carbocycles. The largest absolute Gasteiger partial charge is 0.395 e. The second-order valence-electron chi connectivity index (χ2n) is 2.28. The van der Waals surface area contributed by atoms with Gasteiger partial charge < -0.3 is 10.8 Å². The number of nitrogens with two attached hydrogens (primary N) is 1. The standard InChI is InChI=1S/C6H14NO/c1-5(2)3-6(7)4-8/h3,5-6,8H,4,7H2,1-2H3/t6-/m1/s1. The van der Waals surface area contributed by atoms with Crippen molar-refractivity contribution >= 4 is 0 Å². The maximum absolute atomic E-state index is 8.43. The zero-order valence-corrected chi connectivity index (χ0v) is 5.46. The molecule has 0 rings (SSSR count). The lowest BCUT2D eigenvalue weighted by atomic mass is 10.1. The quantitative estimate of drug-likeness (QED) is 0.552. The van der Waals surface area contributed by atoms with Crippen LogP contribution in [-0.4, -0.2) is 17.8 Å². The van der Waals surface area contributed by atoms with Crippen molar-refractivity contribution in [1.29, 1.82) is 0 Å². The third kappa shape index (κ3) is 4.09. The molecule has 49 valence electrons. The summed E-state index contributed by atoms with van der Waals surface area (Å²) in [5, 5.41) is 8.43. The molecule has 0 aromatic carbocycles. The zero-order valence-electron chi connectivity index (χ0n) is 5.46. The van der Waals surface area contributed by atoms with Crippen LogP contribution in [-0.2, 0) is 0 Å². The Hall–Kier alpha value is -0.0800. The Morgan fingerprint density at radius 2 is 2.12 bits per heavy atom. The van der Waals surface area contributed by atoms with Crippen LogP contribution >= 0.6 is 0 Å². The van der Waals surface area contributed by atoms with E-state index in [1.54, 1.807) is 0 Å². The van der Waals surface area contributed by atoms with E-state index in [-0.39, 0.29) is 12.6 Å². The highest BCUT2D eigenvalue weighted by Gasteiger charge is 2.01. The molecule has 0 bridgehead atoms. The van der Waals surface area contributed by atoms with Gasteiger partial charge in [0.25, 0.3) is 0 Å². The molecule has 3 N–H and O–H groups in total. The maximum atomic E-state index is 8.43. The molecule has 0 spiro atoms. The lowest BCUT2D eigenvalue weighted by Crippen LogP contribution is -2.26. The summed E-state index contributed by atoms with van der Waals surface area (Å²) in [7, 11) is 0. The fourth-order valence-corrected chi connectivity index (χ4v) is 0.555. The Morgan fingerprint density at radius 1 is 1.62 bits per heavy atom. The van der Waals surface area contributed by atoms with Crippen LogP contribution in [0.25, 0.3) is 0 Å². The lowest BCUT2D eigenvalue weighted by Gasteiger charge is -2.08. The van der Waals surface area contributed by atoms with Crippen molar-refractivity contribution in [3.8, 4) is 0 Å². The molecule has 0 saturated carbocycles. The van der Waals surface area contributed by atoms with E-state index < -0.39 is 0 Å². The molecule has 2 nitrogen and oxygen atoms in total. The Kier molecular flexibility index (Phi) is 3.83. The summed E-state index contributed by atoms with van der Waals surface area (Å²) in [6, 6.07) is -0.144. The molecule has 8 heavy (non-hydrogen) atoms. The van der Waals surface area contributed by atoms with Gasteiger partial charge in [0.15, 0.2) is 0 Å². The second kappa shape index (κ2) is 3.87. The first-order chi connectivity index (χ1) is 3.66. The molecular formula is C6H14NO. The third-order valence-electron chi connectivity index (χ3n) is 0.843. The summed E-state index contributed by atoms with van der Waals surface area (Å²) in [6.07, 6.45) is 1.92. The molecule has 2 heteroatoms. The van der Waals surface area contributed by atoms with Gasteiger partial charge in [-0.05, 0) is 12.3 Å². The van der Waals surface area contributed by atoms with Crippen LogP contribution in [0.15, 0.2) is 0 Å². The van der Waals surface area contributed by atoms with Crippen LogP contribution in [0.1, 0.15) is 13.8 Å². The average Bonchev–Trinajstić information content (AvgIpc) is 1.65. The molecule has 0 fully saturated rings. The topological polar surface area (TPSA) is 46.2 Å². The van der Waals surface area contributed by atoms with Gasteiger partial charge in [0, 0.05) is 6.04 Å². The van der Waals surface area contributed by atoms with Crippen LogP contribution in [0.2, 0.25) is 0 Å². The van der Waals surface area contributed by atoms with Crippen molar-refractivity contribution in [2.24, 2.45) is 11.7 Å². The van der Waals surface area contributed by atoms with Crippen molar-refractivity contribution in [3.05, 3.63) is 6.42 Å². The van der Waals surface area contributed by atoms with E-state index in [1.807, 2.05) is 20.3 Å². The van der Waals surface area contributed by atoms with E-state index in [0.29, 0.717) is 5.92 Å². The van der Waals surface area contributed by atoms with Gasteiger partial charge in [-0.2, -0.15) is 0 Å². The summed E-state index contributed by atoms with van der Waals surface area (Å²) >= 11 is 0. The van der Waals surface area contributed by atoms with Gasteiger partial charge in [0.1, 0.15) is 0 Å². The molecule has 0 aromatic rings. The lowest BCUT2D eigenvalue weighted by molar-refractivity contribution is 0.273. The highest BCUT2D eigenvalue weighted by molar-refractivity contribution is 4.81. The Labute approximate surface area is 50.7 Å². The second-order valence-corrected chi connectivity index (χ2v) is 2.28. The van der Waals surface area contributed by atoms with Gasteiger partial charge in [-0.25, -0.2) is 0 Å². The minimum absolute atomic E-state index is 0.0537. The fourth-order valence-electron chi connectivity index (χ4n) is 0.555. The summed E-state index contributed by atoms with van der Waals surface area (Å²) in [6.45, 7) is 4.13. The maximum Gasteiger partial charge on any atom is 0.0585 e. The van der Waals surface area contributed by atoms with Crippen LogP contribution in [0.5, 0.6) is 0 Å². The third-order valence-corrected chi connectivity index (χ3v) is 0.843. The van der Waals surface area contributed by atoms with Gasteiger partial charge >= 0.3 is 0 Å². The van der Waals surface area contributed by atoms with Crippen LogP contribution in [0.3, 0.4) is 0 Å². The zero-order chi connectivity index (χ0) is 6.57. The summed E-state index contributed by atoms with van der Waals surface area (Å²) < 4.78 is 0. The van der Waals surface area contributed by atoms with Crippen LogP contribution < -0.4 is 5.73 Å². The predicted octanol–water partition coefficient (Wildman–Crippen LogP) is 0.166. The minimum atomic E-state index is -0.144. The van der Waals surface area contributed by atoms with E-state index in [9.17, 15) is 0 Å². The molecule has 0 heterocycles. The monoisotopic (exact) mass is 116 g/mol. The van der Waals surface area contributed by atoms with Gasteiger partial charge in [0.05, 0.1) is 6.61 Å². The first-order valence-corrected chi connectivity index (χ1v) is 2.88. The molecule has 1 atom stereocenters. The van der Waals surface area contributed by atoms with Crippen molar-refractivity contribution in [1.82, 2.24) is 0 Å². The number of hydrogen-bond donors (Lipinski definition) is 2. The first kappa shape index (κ1) is 7.92.